The highest BCUT2D eigenvalue weighted by Crippen LogP contribution is 2.25. The first-order valence-electron chi connectivity index (χ1n) is 6.80. The van der Waals surface area contributed by atoms with Gasteiger partial charge in [0, 0.05) is 36.4 Å². The summed E-state index contributed by atoms with van der Waals surface area (Å²) in [5.74, 6) is 0.739. The van der Waals surface area contributed by atoms with Crippen molar-refractivity contribution in [3.8, 4) is 0 Å². The molecular formula is C15H23ClN2. The molecule has 1 saturated heterocycles. The minimum absolute atomic E-state index is 0.595. The summed E-state index contributed by atoms with van der Waals surface area (Å²) in [7, 11) is 0. The predicted octanol–water partition coefficient (Wildman–Crippen LogP) is 3.47. The van der Waals surface area contributed by atoms with Crippen molar-refractivity contribution in [2.75, 3.05) is 24.5 Å². The molecule has 1 unspecified atom stereocenters. The van der Waals surface area contributed by atoms with E-state index in [4.69, 9.17) is 11.6 Å². The summed E-state index contributed by atoms with van der Waals surface area (Å²) in [6.45, 7) is 9.93. The number of benzene rings is 1. The minimum atomic E-state index is 0.595. The maximum absolute atomic E-state index is 6.11. The molecule has 2 nitrogen and oxygen atoms in total. The standard InChI is InChI=1S/C15H23ClN2/c1-11(2)8-14-10-18(7-6-17-14)15-9-13(16)5-4-12(15)3/h4-5,9,11,14,17H,6-8,10H2,1-3H3. The van der Waals surface area contributed by atoms with Gasteiger partial charge in [-0.15, -0.1) is 0 Å². The average Bonchev–Trinajstić information content (AvgIpc) is 2.32. The van der Waals surface area contributed by atoms with Crippen LogP contribution in [0.3, 0.4) is 0 Å². The molecule has 1 aromatic carbocycles. The van der Waals surface area contributed by atoms with Gasteiger partial charge in [0.1, 0.15) is 0 Å². The molecule has 2 rings (SSSR count). The van der Waals surface area contributed by atoms with Crippen LogP contribution in [0.25, 0.3) is 0 Å². The van der Waals surface area contributed by atoms with E-state index in [1.165, 1.54) is 17.7 Å². The SMILES string of the molecule is Cc1ccc(Cl)cc1N1CCNC(CC(C)C)C1. The summed E-state index contributed by atoms with van der Waals surface area (Å²) in [5, 5.41) is 4.44. The van der Waals surface area contributed by atoms with E-state index in [1.807, 2.05) is 6.07 Å². The van der Waals surface area contributed by atoms with Crippen LogP contribution in [-0.4, -0.2) is 25.7 Å². The second-order valence-electron chi connectivity index (χ2n) is 5.66. The minimum Gasteiger partial charge on any atom is -0.368 e. The predicted molar refractivity (Wildman–Crippen MR) is 79.6 cm³/mol. The van der Waals surface area contributed by atoms with E-state index >= 15 is 0 Å². The van der Waals surface area contributed by atoms with E-state index in [-0.39, 0.29) is 0 Å². The fourth-order valence-electron chi connectivity index (χ4n) is 2.69. The lowest BCUT2D eigenvalue weighted by Gasteiger charge is -2.37. The molecule has 1 fully saturated rings. The van der Waals surface area contributed by atoms with Crippen LogP contribution in [-0.2, 0) is 0 Å². The van der Waals surface area contributed by atoms with Gasteiger partial charge in [0.2, 0.25) is 0 Å². The van der Waals surface area contributed by atoms with Crippen LogP contribution in [0.5, 0.6) is 0 Å². The van der Waals surface area contributed by atoms with Gasteiger partial charge < -0.3 is 10.2 Å². The van der Waals surface area contributed by atoms with Crippen molar-refractivity contribution in [2.45, 2.75) is 33.2 Å². The first-order valence-corrected chi connectivity index (χ1v) is 7.18. The zero-order valence-electron chi connectivity index (χ0n) is 11.5. The van der Waals surface area contributed by atoms with Crippen LogP contribution in [0.15, 0.2) is 18.2 Å². The zero-order chi connectivity index (χ0) is 13.1. The van der Waals surface area contributed by atoms with Gasteiger partial charge in [-0.05, 0) is 37.0 Å². The fourth-order valence-corrected chi connectivity index (χ4v) is 2.86. The molecule has 1 heterocycles. The van der Waals surface area contributed by atoms with Gasteiger partial charge in [0.25, 0.3) is 0 Å². The highest BCUT2D eigenvalue weighted by molar-refractivity contribution is 6.30. The molecule has 0 aromatic heterocycles. The molecule has 0 radical (unpaired) electrons. The van der Waals surface area contributed by atoms with Gasteiger partial charge >= 0.3 is 0 Å². The van der Waals surface area contributed by atoms with E-state index in [2.05, 4.69) is 43.1 Å². The van der Waals surface area contributed by atoms with Crippen molar-refractivity contribution in [3.63, 3.8) is 0 Å². The molecule has 1 atom stereocenters. The van der Waals surface area contributed by atoms with Crippen LogP contribution < -0.4 is 10.2 Å². The molecule has 1 aliphatic heterocycles. The number of piperazine rings is 1. The summed E-state index contributed by atoms with van der Waals surface area (Å²) in [5.41, 5.74) is 2.60. The monoisotopic (exact) mass is 266 g/mol. The first-order chi connectivity index (χ1) is 8.56. The lowest BCUT2D eigenvalue weighted by Crippen LogP contribution is -2.51. The molecule has 0 amide bonds. The third-order valence-corrected chi connectivity index (χ3v) is 3.76. The van der Waals surface area contributed by atoms with Gasteiger partial charge in [-0.3, -0.25) is 0 Å². The Hall–Kier alpha value is -0.730. The molecule has 100 valence electrons. The van der Waals surface area contributed by atoms with E-state index in [1.54, 1.807) is 0 Å². The van der Waals surface area contributed by atoms with Crippen LogP contribution in [0, 0.1) is 12.8 Å². The number of hydrogen-bond acceptors (Lipinski definition) is 2. The van der Waals surface area contributed by atoms with Gasteiger partial charge in [-0.1, -0.05) is 31.5 Å². The third-order valence-electron chi connectivity index (χ3n) is 3.52. The molecule has 0 spiro atoms. The Morgan fingerprint density at radius 1 is 1.44 bits per heavy atom. The Kier molecular flexibility index (Phi) is 4.52. The molecule has 0 aliphatic carbocycles. The summed E-state index contributed by atoms with van der Waals surface area (Å²) < 4.78 is 0. The number of aryl methyl sites for hydroxylation is 1. The van der Waals surface area contributed by atoms with Crippen molar-refractivity contribution >= 4 is 17.3 Å². The van der Waals surface area contributed by atoms with Crippen molar-refractivity contribution in [3.05, 3.63) is 28.8 Å². The van der Waals surface area contributed by atoms with Crippen molar-refractivity contribution < 1.29 is 0 Å². The molecule has 1 aromatic rings. The molecule has 3 heteroatoms. The third kappa shape index (κ3) is 3.39. The highest BCUT2D eigenvalue weighted by atomic mass is 35.5. The Bertz CT molecular complexity index is 403. The van der Waals surface area contributed by atoms with Crippen LogP contribution in [0.2, 0.25) is 5.02 Å². The molecule has 0 saturated carbocycles. The number of nitrogens with one attached hydrogen (secondary N) is 1. The second kappa shape index (κ2) is 5.94. The lowest BCUT2D eigenvalue weighted by atomic mass is 10.0. The van der Waals surface area contributed by atoms with Crippen molar-refractivity contribution in [1.82, 2.24) is 5.32 Å². The van der Waals surface area contributed by atoms with E-state index in [0.29, 0.717) is 6.04 Å². The van der Waals surface area contributed by atoms with E-state index < -0.39 is 0 Å². The number of halogens is 1. The molecule has 0 bridgehead atoms. The van der Waals surface area contributed by atoms with Gasteiger partial charge in [-0.25, -0.2) is 0 Å². The Labute approximate surface area is 115 Å². The number of anilines is 1. The van der Waals surface area contributed by atoms with Crippen molar-refractivity contribution in [1.29, 1.82) is 0 Å². The number of rotatable bonds is 3. The largest absolute Gasteiger partial charge is 0.368 e. The van der Waals surface area contributed by atoms with Gasteiger partial charge in [0.05, 0.1) is 0 Å². The Morgan fingerprint density at radius 2 is 2.22 bits per heavy atom. The Balaban J connectivity index is 2.10. The zero-order valence-corrected chi connectivity index (χ0v) is 12.3. The van der Waals surface area contributed by atoms with Gasteiger partial charge in [-0.2, -0.15) is 0 Å². The van der Waals surface area contributed by atoms with E-state index in [9.17, 15) is 0 Å². The number of hydrogen-bond donors (Lipinski definition) is 1. The maximum Gasteiger partial charge on any atom is 0.0426 e. The number of nitrogens with zero attached hydrogens (tertiary/aromatic N) is 1. The second-order valence-corrected chi connectivity index (χ2v) is 6.09. The van der Waals surface area contributed by atoms with Gasteiger partial charge in [0.15, 0.2) is 0 Å². The van der Waals surface area contributed by atoms with Crippen LogP contribution in [0.4, 0.5) is 5.69 Å². The fraction of sp³-hybridized carbons (Fsp3) is 0.600. The Morgan fingerprint density at radius 3 is 2.94 bits per heavy atom. The van der Waals surface area contributed by atoms with Crippen molar-refractivity contribution in [2.24, 2.45) is 5.92 Å². The summed E-state index contributed by atoms with van der Waals surface area (Å²) in [6.07, 6.45) is 1.23. The van der Waals surface area contributed by atoms with E-state index in [0.717, 1.165) is 30.6 Å². The topological polar surface area (TPSA) is 15.3 Å². The smallest absolute Gasteiger partial charge is 0.0426 e. The summed E-state index contributed by atoms with van der Waals surface area (Å²) >= 11 is 6.11. The summed E-state index contributed by atoms with van der Waals surface area (Å²) in [4.78, 5) is 2.46. The van der Waals surface area contributed by atoms with Crippen LogP contribution in [0.1, 0.15) is 25.8 Å². The summed E-state index contributed by atoms with van der Waals surface area (Å²) in [6, 6.07) is 6.76. The average molecular weight is 267 g/mol. The first kappa shape index (κ1) is 13.7. The maximum atomic E-state index is 6.11. The quantitative estimate of drug-likeness (QED) is 0.901. The normalized spacial score (nSPS) is 20.5. The molecule has 1 N–H and O–H groups in total. The highest BCUT2D eigenvalue weighted by Gasteiger charge is 2.21. The molecular weight excluding hydrogens is 244 g/mol. The van der Waals surface area contributed by atoms with Crippen LogP contribution >= 0.6 is 11.6 Å². The molecule has 18 heavy (non-hydrogen) atoms. The molecule has 1 aliphatic rings. The lowest BCUT2D eigenvalue weighted by molar-refractivity contribution is 0.388.